The molecule has 4 nitrogen and oxygen atoms in total. The molecule has 90 valence electrons. The van der Waals surface area contributed by atoms with Crippen molar-refractivity contribution in [3.8, 4) is 0 Å². The van der Waals surface area contributed by atoms with Crippen molar-refractivity contribution in [1.29, 1.82) is 0 Å². The van der Waals surface area contributed by atoms with Crippen LogP contribution in [-0.4, -0.2) is 20.5 Å². The van der Waals surface area contributed by atoms with E-state index in [1.807, 2.05) is 25.5 Å². The molecule has 0 radical (unpaired) electrons. The lowest BCUT2D eigenvalue weighted by atomic mass is 9.92. The predicted octanol–water partition coefficient (Wildman–Crippen LogP) is 2.26. The molecule has 0 aliphatic carbocycles. The summed E-state index contributed by atoms with van der Waals surface area (Å²) in [6.07, 6.45) is 1.90. The molecular formula is C12H21N3O. The summed E-state index contributed by atoms with van der Waals surface area (Å²) in [5, 5.41) is 4.13. The highest BCUT2D eigenvalue weighted by molar-refractivity contribution is 5.82. The van der Waals surface area contributed by atoms with Gasteiger partial charge in [0.25, 0.3) is 0 Å². The molecule has 1 aromatic heterocycles. The second kappa shape index (κ2) is 5.23. The van der Waals surface area contributed by atoms with Crippen LogP contribution in [0.2, 0.25) is 0 Å². The van der Waals surface area contributed by atoms with Crippen LogP contribution in [0.4, 0.5) is 0 Å². The van der Waals surface area contributed by atoms with Gasteiger partial charge in [0.2, 0.25) is 0 Å². The van der Waals surface area contributed by atoms with Crippen LogP contribution in [0.3, 0.4) is 0 Å². The number of carbonyl (C=O) groups excluding carboxylic acids is 1. The van der Waals surface area contributed by atoms with Crippen molar-refractivity contribution in [2.45, 2.75) is 47.1 Å². The van der Waals surface area contributed by atoms with Crippen LogP contribution >= 0.6 is 0 Å². The molecule has 0 aliphatic rings. The lowest BCUT2D eigenvalue weighted by molar-refractivity contribution is -0.123. The van der Waals surface area contributed by atoms with Crippen molar-refractivity contribution in [3.63, 3.8) is 0 Å². The number of hydrogen-bond acceptors (Lipinski definition) is 3. The number of nitrogens with zero attached hydrogens (tertiary/aromatic N) is 3. The first kappa shape index (κ1) is 12.9. The van der Waals surface area contributed by atoms with Gasteiger partial charge in [-0.2, -0.15) is 5.10 Å². The highest BCUT2D eigenvalue weighted by atomic mass is 16.1. The second-order valence-electron chi connectivity index (χ2n) is 4.89. The van der Waals surface area contributed by atoms with Crippen molar-refractivity contribution in [2.75, 3.05) is 0 Å². The third-order valence-corrected chi connectivity index (χ3v) is 2.98. The summed E-state index contributed by atoms with van der Waals surface area (Å²) in [5.41, 5.74) is 0. The largest absolute Gasteiger partial charge is 0.299 e. The molecule has 0 spiro atoms. The number of hydrogen-bond donors (Lipinski definition) is 0. The normalized spacial score (nSPS) is 13.4. The lowest BCUT2D eigenvalue weighted by Gasteiger charge is -2.14. The van der Waals surface area contributed by atoms with Crippen LogP contribution in [0, 0.1) is 11.8 Å². The van der Waals surface area contributed by atoms with E-state index in [9.17, 15) is 4.79 Å². The van der Waals surface area contributed by atoms with Gasteiger partial charge in [0.15, 0.2) is 0 Å². The zero-order valence-corrected chi connectivity index (χ0v) is 10.8. The Morgan fingerprint density at radius 3 is 2.44 bits per heavy atom. The minimum Gasteiger partial charge on any atom is -0.299 e. The quantitative estimate of drug-likeness (QED) is 0.769. The molecule has 16 heavy (non-hydrogen) atoms. The average molecular weight is 223 g/mol. The predicted molar refractivity (Wildman–Crippen MR) is 63.1 cm³/mol. The summed E-state index contributed by atoms with van der Waals surface area (Å²) in [7, 11) is 0. The maximum atomic E-state index is 11.9. The Bertz CT molecular complexity index is 355. The zero-order chi connectivity index (χ0) is 12.3. The van der Waals surface area contributed by atoms with Crippen LogP contribution in [0.1, 0.15) is 46.5 Å². The van der Waals surface area contributed by atoms with Crippen molar-refractivity contribution in [2.24, 2.45) is 11.8 Å². The molecule has 0 bridgehead atoms. The first-order valence-corrected chi connectivity index (χ1v) is 5.84. The van der Waals surface area contributed by atoms with Crippen molar-refractivity contribution in [3.05, 3.63) is 12.2 Å². The molecule has 0 fully saturated rings. The summed E-state index contributed by atoms with van der Waals surface area (Å²) < 4.78 is 1.81. The highest BCUT2D eigenvalue weighted by Crippen LogP contribution is 2.14. The number of ketones is 1. The molecule has 1 aromatic rings. The Balaban J connectivity index is 2.73. The fourth-order valence-electron chi connectivity index (χ4n) is 1.52. The fourth-order valence-corrected chi connectivity index (χ4v) is 1.52. The number of rotatable bonds is 5. The Morgan fingerprint density at radius 1 is 1.31 bits per heavy atom. The third-order valence-electron chi connectivity index (χ3n) is 2.98. The molecule has 1 unspecified atom stereocenters. The molecule has 0 aromatic carbocycles. The summed E-state index contributed by atoms with van der Waals surface area (Å²) in [5.74, 6) is 1.47. The fraction of sp³-hybridized carbons (Fsp3) is 0.750. The third kappa shape index (κ3) is 2.90. The summed E-state index contributed by atoms with van der Waals surface area (Å²) >= 11 is 0. The van der Waals surface area contributed by atoms with Gasteiger partial charge < -0.3 is 0 Å². The standard InChI is InChI=1S/C12H21N3O/c1-8(2)10(5)11(16)6-12-13-7-14-15(12)9(3)4/h7-10H,6H2,1-5H3. The number of Topliss-reactive ketones (excluding diaryl/α,β-unsaturated/α-hetero) is 1. The minimum absolute atomic E-state index is 0.0808. The summed E-state index contributed by atoms with van der Waals surface area (Å²) in [6.45, 7) is 10.2. The van der Waals surface area contributed by atoms with Gasteiger partial charge in [-0.3, -0.25) is 4.79 Å². The van der Waals surface area contributed by atoms with Crippen LogP contribution < -0.4 is 0 Å². The molecule has 0 aliphatic heterocycles. The van der Waals surface area contributed by atoms with Gasteiger partial charge in [-0.25, -0.2) is 9.67 Å². The number of aromatic nitrogens is 3. The van der Waals surface area contributed by atoms with E-state index in [1.165, 1.54) is 6.33 Å². The SMILES string of the molecule is CC(C)C(C)C(=O)Cc1ncnn1C(C)C. The zero-order valence-electron chi connectivity index (χ0n) is 10.8. The molecule has 0 N–H and O–H groups in total. The molecule has 1 rings (SSSR count). The van der Waals surface area contributed by atoms with Gasteiger partial charge >= 0.3 is 0 Å². The van der Waals surface area contributed by atoms with Gasteiger partial charge in [0.05, 0.1) is 6.42 Å². The summed E-state index contributed by atoms with van der Waals surface area (Å²) in [4.78, 5) is 16.1. The van der Waals surface area contributed by atoms with Gasteiger partial charge in [-0.1, -0.05) is 20.8 Å². The Morgan fingerprint density at radius 2 is 1.94 bits per heavy atom. The van der Waals surface area contributed by atoms with E-state index >= 15 is 0 Å². The summed E-state index contributed by atoms with van der Waals surface area (Å²) in [6, 6.07) is 0.250. The second-order valence-corrected chi connectivity index (χ2v) is 4.89. The highest BCUT2D eigenvalue weighted by Gasteiger charge is 2.19. The molecule has 1 atom stereocenters. The van der Waals surface area contributed by atoms with Crippen LogP contribution in [-0.2, 0) is 11.2 Å². The molecule has 0 saturated carbocycles. The Kier molecular flexibility index (Phi) is 4.21. The van der Waals surface area contributed by atoms with Crippen molar-refractivity contribution in [1.82, 2.24) is 14.8 Å². The van der Waals surface area contributed by atoms with Crippen LogP contribution in [0.5, 0.6) is 0 Å². The van der Waals surface area contributed by atoms with E-state index in [1.54, 1.807) is 0 Å². The maximum absolute atomic E-state index is 11.9. The number of carbonyl (C=O) groups is 1. The van der Waals surface area contributed by atoms with Crippen LogP contribution in [0.15, 0.2) is 6.33 Å². The first-order valence-electron chi connectivity index (χ1n) is 5.84. The Labute approximate surface area is 97.1 Å². The van der Waals surface area contributed by atoms with Crippen LogP contribution in [0.25, 0.3) is 0 Å². The molecule has 1 heterocycles. The maximum Gasteiger partial charge on any atom is 0.143 e. The van der Waals surface area contributed by atoms with Gasteiger partial charge in [-0.15, -0.1) is 0 Å². The average Bonchev–Trinajstić information content (AvgIpc) is 2.64. The van der Waals surface area contributed by atoms with E-state index in [4.69, 9.17) is 0 Å². The molecular weight excluding hydrogens is 202 g/mol. The Hall–Kier alpha value is -1.19. The molecule has 0 amide bonds. The van der Waals surface area contributed by atoms with Gasteiger partial charge in [-0.05, 0) is 19.8 Å². The first-order chi connectivity index (χ1) is 7.43. The van der Waals surface area contributed by atoms with Gasteiger partial charge in [0.1, 0.15) is 17.9 Å². The minimum atomic E-state index is 0.0808. The smallest absolute Gasteiger partial charge is 0.143 e. The van der Waals surface area contributed by atoms with Gasteiger partial charge in [0, 0.05) is 12.0 Å². The molecule has 0 saturated heterocycles. The van der Waals surface area contributed by atoms with E-state index in [0.717, 1.165) is 5.82 Å². The van der Waals surface area contributed by atoms with E-state index in [2.05, 4.69) is 23.9 Å². The monoisotopic (exact) mass is 223 g/mol. The van der Waals surface area contributed by atoms with E-state index in [0.29, 0.717) is 12.3 Å². The molecule has 4 heteroatoms. The van der Waals surface area contributed by atoms with Crippen molar-refractivity contribution >= 4 is 5.78 Å². The van der Waals surface area contributed by atoms with Crippen molar-refractivity contribution < 1.29 is 4.79 Å². The van der Waals surface area contributed by atoms with E-state index < -0.39 is 0 Å². The topological polar surface area (TPSA) is 47.8 Å². The lowest BCUT2D eigenvalue weighted by Crippen LogP contribution is -2.21. The van der Waals surface area contributed by atoms with E-state index in [-0.39, 0.29) is 17.7 Å².